The molecule has 3 aromatic rings. The van der Waals surface area contributed by atoms with Gasteiger partial charge in [0.1, 0.15) is 11.5 Å². The summed E-state index contributed by atoms with van der Waals surface area (Å²) in [5.74, 6) is -1.67. The minimum absolute atomic E-state index is 0.0417. The summed E-state index contributed by atoms with van der Waals surface area (Å²) in [6.07, 6.45) is 0.655. The van der Waals surface area contributed by atoms with Gasteiger partial charge in [-0.15, -0.1) is 0 Å². The maximum Gasteiger partial charge on any atom is 0.257 e. The van der Waals surface area contributed by atoms with Crippen molar-refractivity contribution in [1.82, 2.24) is 19.6 Å². The Morgan fingerprint density at radius 3 is 2.24 bits per heavy atom. The lowest BCUT2D eigenvalue weighted by molar-refractivity contribution is 0.0718. The summed E-state index contributed by atoms with van der Waals surface area (Å²) in [5, 5.41) is 4.34. The molecule has 0 atom stereocenters. The third-order valence-corrected chi connectivity index (χ3v) is 5.98. The van der Waals surface area contributed by atoms with Crippen molar-refractivity contribution >= 4 is 11.8 Å². The minimum Gasteiger partial charge on any atom is -0.337 e. The smallest absolute Gasteiger partial charge is 0.257 e. The molecule has 1 aliphatic rings. The van der Waals surface area contributed by atoms with Crippen LogP contribution in [0.25, 0.3) is 5.69 Å². The van der Waals surface area contributed by atoms with Gasteiger partial charge in [-0.2, -0.15) is 5.10 Å². The van der Waals surface area contributed by atoms with E-state index in [0.717, 1.165) is 17.7 Å². The molecule has 0 aliphatic carbocycles. The normalized spacial score (nSPS) is 14.3. The SMILES string of the molecule is Cc1cccc(C(=O)N2CCCN(C(=O)c3c(C)nn(-c4ccc(F)cc4F)c3C)CC2)c1. The van der Waals surface area contributed by atoms with E-state index in [1.165, 1.54) is 10.7 Å². The highest BCUT2D eigenvalue weighted by molar-refractivity contribution is 5.97. The molecule has 1 fully saturated rings. The van der Waals surface area contributed by atoms with E-state index in [0.29, 0.717) is 55.1 Å². The van der Waals surface area contributed by atoms with Gasteiger partial charge < -0.3 is 9.80 Å². The maximum absolute atomic E-state index is 14.3. The van der Waals surface area contributed by atoms with Crippen LogP contribution in [0, 0.1) is 32.4 Å². The van der Waals surface area contributed by atoms with Crippen molar-refractivity contribution in [2.75, 3.05) is 26.2 Å². The molecule has 1 aromatic heterocycles. The fraction of sp³-hybridized carbons (Fsp3) is 0.320. The number of hydrogen-bond donors (Lipinski definition) is 0. The van der Waals surface area contributed by atoms with Crippen molar-refractivity contribution < 1.29 is 18.4 Å². The predicted molar refractivity (Wildman–Crippen MR) is 121 cm³/mol. The van der Waals surface area contributed by atoms with Gasteiger partial charge in [-0.1, -0.05) is 17.7 Å². The number of benzene rings is 2. The van der Waals surface area contributed by atoms with Crippen LogP contribution in [-0.2, 0) is 0 Å². The van der Waals surface area contributed by atoms with Crippen LogP contribution in [0.5, 0.6) is 0 Å². The quantitative estimate of drug-likeness (QED) is 0.602. The molecule has 2 heterocycles. The molecule has 0 bridgehead atoms. The number of nitrogens with zero attached hydrogens (tertiary/aromatic N) is 4. The second kappa shape index (κ2) is 9.13. The molecule has 0 N–H and O–H groups in total. The monoisotopic (exact) mass is 452 g/mol. The van der Waals surface area contributed by atoms with Crippen LogP contribution in [0.15, 0.2) is 42.5 Å². The Bertz CT molecular complexity index is 1220. The molecule has 0 radical (unpaired) electrons. The number of rotatable bonds is 3. The molecule has 1 aliphatic heterocycles. The number of carbonyl (C=O) groups excluding carboxylic acids is 2. The standard InChI is InChI=1S/C25H26F2N4O2/c1-16-6-4-7-19(14-16)24(32)29-10-5-11-30(13-12-29)25(33)23-17(2)28-31(18(23)3)22-9-8-20(26)15-21(22)27/h4,6-9,14-15H,5,10-13H2,1-3H3. The first kappa shape index (κ1) is 22.6. The molecule has 4 rings (SSSR count). The fourth-order valence-corrected chi connectivity index (χ4v) is 4.28. The summed E-state index contributed by atoms with van der Waals surface area (Å²) in [5.41, 5.74) is 3.11. The summed E-state index contributed by atoms with van der Waals surface area (Å²) in [6.45, 7) is 7.23. The highest BCUT2D eigenvalue weighted by Crippen LogP contribution is 2.23. The first-order chi connectivity index (χ1) is 15.8. The molecule has 172 valence electrons. The van der Waals surface area contributed by atoms with Crippen molar-refractivity contribution in [3.05, 3.63) is 82.2 Å². The van der Waals surface area contributed by atoms with Crippen molar-refractivity contribution in [2.45, 2.75) is 27.2 Å². The zero-order valence-electron chi connectivity index (χ0n) is 18.9. The Morgan fingerprint density at radius 1 is 0.879 bits per heavy atom. The van der Waals surface area contributed by atoms with E-state index in [-0.39, 0.29) is 17.5 Å². The third kappa shape index (κ3) is 4.51. The van der Waals surface area contributed by atoms with Crippen LogP contribution in [0.3, 0.4) is 0 Å². The van der Waals surface area contributed by atoms with Gasteiger partial charge >= 0.3 is 0 Å². The van der Waals surface area contributed by atoms with Gasteiger partial charge in [0.15, 0.2) is 5.82 Å². The van der Waals surface area contributed by atoms with Gasteiger partial charge in [0.2, 0.25) is 0 Å². The first-order valence-electron chi connectivity index (χ1n) is 10.9. The maximum atomic E-state index is 14.3. The summed E-state index contributed by atoms with van der Waals surface area (Å²) in [4.78, 5) is 29.8. The highest BCUT2D eigenvalue weighted by atomic mass is 19.1. The topological polar surface area (TPSA) is 58.4 Å². The van der Waals surface area contributed by atoms with E-state index in [9.17, 15) is 18.4 Å². The lowest BCUT2D eigenvalue weighted by atomic mass is 10.1. The van der Waals surface area contributed by atoms with Gasteiger partial charge in [0, 0.05) is 37.8 Å². The van der Waals surface area contributed by atoms with E-state index in [1.54, 1.807) is 29.7 Å². The first-order valence-corrected chi connectivity index (χ1v) is 10.9. The Labute approximate surface area is 191 Å². The van der Waals surface area contributed by atoms with E-state index in [4.69, 9.17) is 0 Å². The van der Waals surface area contributed by atoms with Crippen LogP contribution in [0.4, 0.5) is 8.78 Å². The van der Waals surface area contributed by atoms with Gasteiger partial charge in [-0.25, -0.2) is 13.5 Å². The second-order valence-electron chi connectivity index (χ2n) is 8.36. The van der Waals surface area contributed by atoms with Gasteiger partial charge in [0.25, 0.3) is 11.8 Å². The van der Waals surface area contributed by atoms with Crippen LogP contribution in [-0.4, -0.2) is 57.6 Å². The Hall–Kier alpha value is -3.55. The van der Waals surface area contributed by atoms with Crippen molar-refractivity contribution in [2.24, 2.45) is 0 Å². The summed E-state index contributed by atoms with van der Waals surface area (Å²) in [6, 6.07) is 10.7. The lowest BCUT2D eigenvalue weighted by Crippen LogP contribution is -2.37. The lowest BCUT2D eigenvalue weighted by Gasteiger charge is -2.22. The Kier molecular flexibility index (Phi) is 6.26. The minimum atomic E-state index is -0.750. The van der Waals surface area contributed by atoms with Crippen LogP contribution >= 0.6 is 0 Å². The number of hydrogen-bond acceptors (Lipinski definition) is 3. The number of aromatic nitrogens is 2. The van der Waals surface area contributed by atoms with Gasteiger partial charge in [-0.05, 0) is 51.5 Å². The zero-order valence-corrected chi connectivity index (χ0v) is 18.9. The van der Waals surface area contributed by atoms with Gasteiger partial charge in [-0.3, -0.25) is 9.59 Å². The molecular formula is C25H26F2N4O2. The average Bonchev–Trinajstić information content (AvgIpc) is 2.94. The van der Waals surface area contributed by atoms with Crippen LogP contribution in [0.2, 0.25) is 0 Å². The second-order valence-corrected chi connectivity index (χ2v) is 8.36. The Balaban J connectivity index is 1.53. The molecule has 0 saturated carbocycles. The molecule has 2 amide bonds. The van der Waals surface area contributed by atoms with Crippen LogP contribution in [0.1, 0.15) is 44.1 Å². The molecule has 6 nitrogen and oxygen atoms in total. The molecule has 2 aromatic carbocycles. The zero-order chi connectivity index (χ0) is 23.7. The van der Waals surface area contributed by atoms with Crippen molar-refractivity contribution in [3.8, 4) is 5.69 Å². The van der Waals surface area contributed by atoms with Crippen molar-refractivity contribution in [3.63, 3.8) is 0 Å². The van der Waals surface area contributed by atoms with Crippen molar-refractivity contribution in [1.29, 1.82) is 0 Å². The number of halogens is 2. The number of amides is 2. The molecule has 1 saturated heterocycles. The van der Waals surface area contributed by atoms with E-state index < -0.39 is 11.6 Å². The van der Waals surface area contributed by atoms with E-state index in [2.05, 4.69) is 5.10 Å². The predicted octanol–water partition coefficient (Wildman–Crippen LogP) is 4.06. The fourth-order valence-electron chi connectivity index (χ4n) is 4.28. The van der Waals surface area contributed by atoms with Crippen LogP contribution < -0.4 is 0 Å². The largest absolute Gasteiger partial charge is 0.337 e. The molecule has 0 spiro atoms. The average molecular weight is 453 g/mol. The summed E-state index contributed by atoms with van der Waals surface area (Å²) in [7, 11) is 0. The Morgan fingerprint density at radius 2 is 1.58 bits per heavy atom. The number of carbonyl (C=O) groups is 2. The summed E-state index contributed by atoms with van der Waals surface area (Å²) >= 11 is 0. The summed E-state index contributed by atoms with van der Waals surface area (Å²) < 4.78 is 29.0. The molecule has 0 unspecified atom stereocenters. The molecule has 33 heavy (non-hydrogen) atoms. The highest BCUT2D eigenvalue weighted by Gasteiger charge is 2.28. The number of aryl methyl sites for hydroxylation is 2. The van der Waals surface area contributed by atoms with E-state index >= 15 is 0 Å². The molecular weight excluding hydrogens is 426 g/mol. The third-order valence-electron chi connectivity index (χ3n) is 5.98. The van der Waals surface area contributed by atoms with E-state index in [1.807, 2.05) is 25.1 Å². The van der Waals surface area contributed by atoms with Gasteiger partial charge in [0.05, 0.1) is 17.0 Å². The molecule has 8 heteroatoms.